The predicted molar refractivity (Wildman–Crippen MR) is 71.2 cm³/mol. The van der Waals surface area contributed by atoms with Crippen LogP contribution in [0.3, 0.4) is 0 Å². The molecule has 0 heterocycles. The third-order valence-electron chi connectivity index (χ3n) is 2.07. The molecule has 0 aromatic carbocycles. The molecule has 0 rings (SSSR count). The van der Waals surface area contributed by atoms with Crippen LogP contribution in [-0.4, -0.2) is 41.9 Å². The standard InChI is InChI=1S/C13H21NO6/c1-13(2,3)20-12(18)14-9(11(16)17)7-5-6-8-10(15)19-4/h6,8-9H,5,7H2,1-4H3,(H,14,18)(H,16,17)/t9-/m0/s1. The van der Waals surface area contributed by atoms with Crippen molar-refractivity contribution in [1.29, 1.82) is 0 Å². The number of carboxylic acid groups (broad SMARTS) is 1. The predicted octanol–water partition coefficient (Wildman–Crippen LogP) is 1.47. The SMILES string of the molecule is COC(=O)C=CCC[C@H](NC(=O)OC(C)(C)C)C(=O)O. The first-order chi connectivity index (χ1) is 9.15. The molecule has 0 aliphatic carbocycles. The van der Waals surface area contributed by atoms with Gasteiger partial charge in [0.25, 0.3) is 0 Å². The van der Waals surface area contributed by atoms with Crippen molar-refractivity contribution >= 4 is 18.0 Å². The van der Waals surface area contributed by atoms with Crippen LogP contribution in [0, 0.1) is 0 Å². The Bertz CT molecular complexity index is 383. The van der Waals surface area contributed by atoms with Crippen molar-refractivity contribution in [1.82, 2.24) is 5.32 Å². The second-order valence-electron chi connectivity index (χ2n) is 5.04. The van der Waals surface area contributed by atoms with Crippen LogP contribution in [0.2, 0.25) is 0 Å². The van der Waals surface area contributed by atoms with E-state index < -0.39 is 29.7 Å². The number of ether oxygens (including phenoxy) is 2. The number of allylic oxidation sites excluding steroid dienone is 1. The highest BCUT2D eigenvalue weighted by Crippen LogP contribution is 2.08. The van der Waals surface area contributed by atoms with E-state index in [-0.39, 0.29) is 6.42 Å². The Balaban J connectivity index is 4.31. The lowest BCUT2D eigenvalue weighted by molar-refractivity contribution is -0.139. The van der Waals surface area contributed by atoms with Crippen molar-refractivity contribution in [2.75, 3.05) is 7.11 Å². The van der Waals surface area contributed by atoms with E-state index in [0.29, 0.717) is 6.42 Å². The van der Waals surface area contributed by atoms with Crippen LogP contribution in [0.25, 0.3) is 0 Å². The van der Waals surface area contributed by atoms with Gasteiger partial charge in [-0.3, -0.25) is 0 Å². The number of hydrogen-bond donors (Lipinski definition) is 2. The maximum absolute atomic E-state index is 11.5. The van der Waals surface area contributed by atoms with Crippen molar-refractivity contribution in [3.05, 3.63) is 12.2 Å². The normalized spacial score (nSPS) is 12.8. The molecule has 0 unspecified atom stereocenters. The Morgan fingerprint density at radius 2 is 1.90 bits per heavy atom. The highest BCUT2D eigenvalue weighted by atomic mass is 16.6. The van der Waals surface area contributed by atoms with Crippen molar-refractivity contribution in [2.45, 2.75) is 45.3 Å². The van der Waals surface area contributed by atoms with Crippen LogP contribution in [0.1, 0.15) is 33.6 Å². The van der Waals surface area contributed by atoms with Gasteiger partial charge in [-0.2, -0.15) is 0 Å². The summed E-state index contributed by atoms with van der Waals surface area (Å²) in [4.78, 5) is 33.3. The molecule has 7 nitrogen and oxygen atoms in total. The number of carbonyl (C=O) groups excluding carboxylic acids is 2. The summed E-state index contributed by atoms with van der Waals surface area (Å²) >= 11 is 0. The van der Waals surface area contributed by atoms with E-state index in [1.54, 1.807) is 20.8 Å². The number of alkyl carbamates (subject to hydrolysis) is 1. The summed E-state index contributed by atoms with van der Waals surface area (Å²) < 4.78 is 9.37. The Kier molecular flexibility index (Phi) is 7.35. The maximum atomic E-state index is 11.5. The molecule has 0 aromatic rings. The largest absolute Gasteiger partial charge is 0.480 e. The third kappa shape index (κ3) is 8.96. The highest BCUT2D eigenvalue weighted by Gasteiger charge is 2.23. The minimum atomic E-state index is -1.16. The van der Waals surface area contributed by atoms with Crippen LogP contribution in [-0.2, 0) is 19.1 Å². The van der Waals surface area contributed by atoms with Crippen molar-refractivity contribution < 1.29 is 29.0 Å². The van der Waals surface area contributed by atoms with Crippen LogP contribution >= 0.6 is 0 Å². The Morgan fingerprint density at radius 3 is 2.35 bits per heavy atom. The molecule has 0 bridgehead atoms. The quantitative estimate of drug-likeness (QED) is 0.566. The number of rotatable bonds is 6. The molecule has 7 heteroatoms. The molecule has 1 amide bonds. The zero-order chi connectivity index (χ0) is 15.8. The van der Waals surface area contributed by atoms with Crippen LogP contribution in [0.5, 0.6) is 0 Å². The lowest BCUT2D eigenvalue weighted by Crippen LogP contribution is -2.43. The fourth-order valence-corrected chi connectivity index (χ4v) is 1.22. The Labute approximate surface area is 117 Å². The topological polar surface area (TPSA) is 102 Å². The van der Waals surface area contributed by atoms with Crippen LogP contribution in [0.15, 0.2) is 12.2 Å². The van der Waals surface area contributed by atoms with Gasteiger partial charge in [0.2, 0.25) is 0 Å². The summed E-state index contributed by atoms with van der Waals surface area (Å²) in [7, 11) is 1.25. The monoisotopic (exact) mass is 287 g/mol. The molecule has 0 saturated carbocycles. The van der Waals surface area contributed by atoms with Gasteiger partial charge in [0.1, 0.15) is 11.6 Å². The van der Waals surface area contributed by atoms with Crippen LogP contribution < -0.4 is 5.32 Å². The summed E-state index contributed by atoms with van der Waals surface area (Å²) in [5, 5.41) is 11.3. The van der Waals surface area contributed by atoms with Crippen molar-refractivity contribution in [2.24, 2.45) is 0 Å². The van der Waals surface area contributed by atoms with Gasteiger partial charge in [-0.15, -0.1) is 0 Å². The van der Waals surface area contributed by atoms with Gasteiger partial charge in [0, 0.05) is 6.08 Å². The summed E-state index contributed by atoms with van der Waals surface area (Å²) in [6, 6.07) is -1.08. The van der Waals surface area contributed by atoms with Gasteiger partial charge in [-0.1, -0.05) is 6.08 Å². The van der Waals surface area contributed by atoms with Gasteiger partial charge in [-0.05, 0) is 33.6 Å². The summed E-state index contributed by atoms with van der Waals surface area (Å²) in [5.74, 6) is -1.68. The van der Waals surface area contributed by atoms with Crippen LogP contribution in [0.4, 0.5) is 4.79 Å². The number of methoxy groups -OCH3 is 1. The number of carboxylic acids is 1. The second kappa shape index (κ2) is 8.19. The molecular weight excluding hydrogens is 266 g/mol. The fourth-order valence-electron chi connectivity index (χ4n) is 1.22. The molecule has 2 N–H and O–H groups in total. The maximum Gasteiger partial charge on any atom is 0.408 e. The molecule has 114 valence electrons. The van der Waals surface area contributed by atoms with E-state index in [4.69, 9.17) is 9.84 Å². The molecular formula is C13H21NO6. The molecule has 0 radical (unpaired) electrons. The summed E-state index contributed by atoms with van der Waals surface area (Å²) in [5.41, 5.74) is -0.697. The number of hydrogen-bond acceptors (Lipinski definition) is 5. The molecule has 20 heavy (non-hydrogen) atoms. The molecule has 0 saturated heterocycles. The minimum Gasteiger partial charge on any atom is -0.480 e. The highest BCUT2D eigenvalue weighted by molar-refractivity contribution is 5.82. The molecule has 0 fully saturated rings. The summed E-state index contributed by atoms with van der Waals surface area (Å²) in [6.07, 6.45) is 2.34. The van der Waals surface area contributed by atoms with E-state index in [1.165, 1.54) is 19.3 Å². The number of esters is 1. The first-order valence-electron chi connectivity index (χ1n) is 6.12. The molecule has 0 aliphatic rings. The number of nitrogens with one attached hydrogen (secondary N) is 1. The average molecular weight is 287 g/mol. The lowest BCUT2D eigenvalue weighted by Gasteiger charge is -2.21. The molecule has 0 aliphatic heterocycles. The molecule has 0 aromatic heterocycles. The van der Waals surface area contributed by atoms with Gasteiger partial charge in [0.15, 0.2) is 0 Å². The number of amides is 1. The zero-order valence-corrected chi connectivity index (χ0v) is 12.1. The minimum absolute atomic E-state index is 0.141. The van der Waals surface area contributed by atoms with Gasteiger partial charge >= 0.3 is 18.0 Å². The average Bonchev–Trinajstić information content (AvgIpc) is 2.29. The number of carbonyl (C=O) groups is 3. The van der Waals surface area contributed by atoms with Crippen molar-refractivity contribution in [3.63, 3.8) is 0 Å². The summed E-state index contributed by atoms with van der Waals surface area (Å²) in [6.45, 7) is 5.05. The lowest BCUT2D eigenvalue weighted by atomic mass is 10.1. The van der Waals surface area contributed by atoms with E-state index in [0.717, 1.165) is 0 Å². The first-order valence-corrected chi connectivity index (χ1v) is 6.12. The van der Waals surface area contributed by atoms with E-state index in [1.807, 2.05) is 0 Å². The van der Waals surface area contributed by atoms with Gasteiger partial charge < -0.3 is 19.9 Å². The first kappa shape index (κ1) is 17.9. The third-order valence-corrected chi connectivity index (χ3v) is 2.07. The Morgan fingerprint density at radius 1 is 1.30 bits per heavy atom. The van der Waals surface area contributed by atoms with Gasteiger partial charge in [-0.25, -0.2) is 14.4 Å². The molecule has 1 atom stereocenters. The van der Waals surface area contributed by atoms with Crippen molar-refractivity contribution in [3.8, 4) is 0 Å². The zero-order valence-electron chi connectivity index (χ0n) is 12.1. The number of aliphatic carboxylic acids is 1. The Hall–Kier alpha value is -2.05. The fraction of sp³-hybridized carbons (Fsp3) is 0.615. The second-order valence-corrected chi connectivity index (χ2v) is 5.04. The smallest absolute Gasteiger partial charge is 0.408 e. The van der Waals surface area contributed by atoms with E-state index in [2.05, 4.69) is 10.1 Å². The van der Waals surface area contributed by atoms with Gasteiger partial charge in [0.05, 0.1) is 7.11 Å². The van der Waals surface area contributed by atoms with E-state index in [9.17, 15) is 14.4 Å². The van der Waals surface area contributed by atoms with E-state index >= 15 is 0 Å². The molecule has 0 spiro atoms.